The number of hydrogen-bond donors (Lipinski definition) is 2. The van der Waals surface area contributed by atoms with Crippen molar-refractivity contribution in [2.75, 3.05) is 60.4 Å². The molecule has 0 saturated carbocycles. The van der Waals surface area contributed by atoms with Crippen molar-refractivity contribution in [3.05, 3.63) is 82.3 Å². The van der Waals surface area contributed by atoms with E-state index in [0.717, 1.165) is 48.5 Å². The average molecular weight is 932 g/mol. The first-order valence-corrected chi connectivity index (χ1v) is 25.1. The van der Waals surface area contributed by atoms with Gasteiger partial charge in [-0.05, 0) is 73.7 Å². The fraction of sp³-hybridized carbons (Fsp3) is 0.654. The predicted octanol–water partition coefficient (Wildman–Crippen LogP) is 7.07. The van der Waals surface area contributed by atoms with Crippen LogP contribution in [0.3, 0.4) is 0 Å². The van der Waals surface area contributed by atoms with Crippen LogP contribution in [0.15, 0.2) is 66.2 Å². The number of nitrogens with zero attached hydrogens (tertiary/aromatic N) is 5. The number of likely N-dealkylation sites (N-methyl/N-ethyl adjacent to an activating group) is 2. The maximum atomic E-state index is 14.7. The van der Waals surface area contributed by atoms with Gasteiger partial charge in [0.1, 0.15) is 23.4 Å². The summed E-state index contributed by atoms with van der Waals surface area (Å²) in [6.07, 6.45) is 5.62. The van der Waals surface area contributed by atoms with E-state index in [2.05, 4.69) is 94.4 Å². The second-order valence-electron chi connectivity index (χ2n) is 19.7. The molecule has 2 aliphatic rings. The molecule has 13 nitrogen and oxygen atoms in total. The van der Waals surface area contributed by atoms with E-state index in [4.69, 9.17) is 14.2 Å². The molecule has 5 rings (SSSR count). The van der Waals surface area contributed by atoms with Crippen molar-refractivity contribution in [1.29, 1.82) is 0 Å². The second-order valence-corrected chi connectivity index (χ2v) is 20.6. The molecule has 3 heterocycles. The van der Waals surface area contributed by atoms with Gasteiger partial charge in [-0.2, -0.15) is 0 Å². The van der Waals surface area contributed by atoms with E-state index < -0.39 is 18.0 Å². The second kappa shape index (κ2) is 24.9. The van der Waals surface area contributed by atoms with E-state index >= 15 is 0 Å². The highest BCUT2D eigenvalue weighted by Gasteiger charge is 2.52. The van der Waals surface area contributed by atoms with E-state index in [0.29, 0.717) is 19.4 Å². The fourth-order valence-electron chi connectivity index (χ4n) is 10.1. The Morgan fingerprint density at radius 3 is 2.17 bits per heavy atom. The first kappa shape index (κ1) is 53.0. The Kier molecular flexibility index (Phi) is 20.0. The van der Waals surface area contributed by atoms with Crippen LogP contribution in [0, 0.1) is 23.7 Å². The molecule has 3 amide bonds. The van der Waals surface area contributed by atoms with Gasteiger partial charge >= 0.3 is 0 Å². The summed E-state index contributed by atoms with van der Waals surface area (Å²) >= 11 is 1.55. The maximum Gasteiger partial charge on any atom is 0.245 e. The number of nitrogens with one attached hydrogen (secondary N) is 2. The lowest BCUT2D eigenvalue weighted by Crippen LogP contribution is -2.59. The third-order valence-electron chi connectivity index (χ3n) is 14.1. The maximum absolute atomic E-state index is 14.7. The number of rotatable bonds is 26. The molecular weight excluding hydrogens is 851 g/mol. The molecule has 3 aromatic rings. The lowest BCUT2D eigenvalue weighted by Gasteiger charge is -2.40. The van der Waals surface area contributed by atoms with Crippen molar-refractivity contribution in [3.8, 4) is 0 Å². The Labute approximate surface area is 400 Å². The number of hydrogen-bond acceptors (Lipinski definition) is 11. The van der Waals surface area contributed by atoms with Crippen LogP contribution in [0.25, 0.3) is 0 Å². The molecule has 1 aromatic heterocycles. The van der Waals surface area contributed by atoms with Gasteiger partial charge in [0.05, 0.1) is 36.3 Å². The normalized spacial score (nSPS) is 21.2. The third kappa shape index (κ3) is 13.6. The number of epoxide rings is 1. The van der Waals surface area contributed by atoms with Crippen LogP contribution in [0.4, 0.5) is 5.69 Å². The van der Waals surface area contributed by atoms with Gasteiger partial charge in [0.25, 0.3) is 0 Å². The molecule has 2 unspecified atom stereocenters. The van der Waals surface area contributed by atoms with Crippen molar-refractivity contribution >= 4 is 34.7 Å². The molecule has 0 spiro atoms. The summed E-state index contributed by atoms with van der Waals surface area (Å²) in [5.41, 5.74) is 3.49. The van der Waals surface area contributed by atoms with Crippen LogP contribution in [0.2, 0.25) is 0 Å². The Balaban J connectivity index is 1.22. The van der Waals surface area contributed by atoms with E-state index in [1.807, 2.05) is 77.4 Å². The van der Waals surface area contributed by atoms with Crippen molar-refractivity contribution in [2.45, 2.75) is 142 Å². The molecule has 0 bridgehead atoms. The molecule has 2 aromatic carbocycles. The molecule has 0 aliphatic carbocycles. The zero-order chi connectivity index (χ0) is 48.2. The van der Waals surface area contributed by atoms with Crippen molar-refractivity contribution < 1.29 is 28.6 Å². The summed E-state index contributed by atoms with van der Waals surface area (Å²) < 4.78 is 18.9. The molecule has 14 heteroatoms. The Morgan fingerprint density at radius 1 is 0.894 bits per heavy atom. The van der Waals surface area contributed by atoms with E-state index in [-0.39, 0.29) is 78.1 Å². The van der Waals surface area contributed by atoms with Crippen LogP contribution in [0.1, 0.15) is 96.3 Å². The summed E-state index contributed by atoms with van der Waals surface area (Å²) in [5, 5.41) is 9.35. The van der Waals surface area contributed by atoms with Gasteiger partial charge in [-0.3, -0.25) is 24.2 Å². The highest BCUT2D eigenvalue weighted by molar-refractivity contribution is 7.09. The van der Waals surface area contributed by atoms with E-state index in [9.17, 15) is 14.4 Å². The van der Waals surface area contributed by atoms with Crippen molar-refractivity contribution in [2.24, 2.45) is 23.7 Å². The number of benzene rings is 2. The number of thiazole rings is 1. The molecule has 0 radical (unpaired) electrons. The number of amides is 3. The van der Waals surface area contributed by atoms with Gasteiger partial charge < -0.3 is 34.6 Å². The van der Waals surface area contributed by atoms with Gasteiger partial charge in [0.15, 0.2) is 0 Å². The number of ether oxygens (including phenoxy) is 3. The monoisotopic (exact) mass is 932 g/mol. The highest BCUT2D eigenvalue weighted by Crippen LogP contribution is 2.39. The molecule has 366 valence electrons. The minimum Gasteiger partial charge on any atom is -0.379 e. The summed E-state index contributed by atoms with van der Waals surface area (Å²) in [6, 6.07) is 17.1. The van der Waals surface area contributed by atoms with Gasteiger partial charge in [-0.15, -0.1) is 11.3 Å². The van der Waals surface area contributed by atoms with Crippen LogP contribution in [-0.4, -0.2) is 142 Å². The minimum absolute atomic E-state index is 0.00690. The lowest BCUT2D eigenvalue weighted by molar-refractivity contribution is -0.144. The smallest absolute Gasteiger partial charge is 0.245 e. The standard InChI is InChI=1S/C52H81N7O6S/c1-14-35(6)46(58(11)51(62)44(33(2)3)55-49(61)45(34(4)5)57(10)29-26-37-22-24-39(25-23-37)56(8)9)42(63-12)32-43-52(65-43)59-28-18-21-41(59)47(64-13)36(7)48(60)54-40(50-53-27-30-66-50)31-38-19-16-15-17-20-38/h15-17,19-20,22-25,27,30,33-36,40-47,52H,14,18,21,26,28-29,31-32H2,1-13H3,(H,54,60)(H,55,61)/t35-,36+,40-,41-,42+,43?,44-,45-,46-,47+,52?/m0/s1. The fourth-order valence-corrected chi connectivity index (χ4v) is 10.8. The first-order valence-electron chi connectivity index (χ1n) is 24.2. The zero-order valence-corrected chi connectivity index (χ0v) is 42.9. The highest BCUT2D eigenvalue weighted by atomic mass is 32.1. The number of carbonyl (C=O) groups excluding carboxylic acids is 3. The molecule has 66 heavy (non-hydrogen) atoms. The van der Waals surface area contributed by atoms with Crippen molar-refractivity contribution in [1.82, 2.24) is 30.3 Å². The molecule has 2 N–H and O–H groups in total. The van der Waals surface area contributed by atoms with Crippen LogP contribution in [0.5, 0.6) is 0 Å². The summed E-state index contributed by atoms with van der Waals surface area (Å²) in [5.74, 6) is -0.746. The molecular formula is C52H81N7O6S. The largest absolute Gasteiger partial charge is 0.379 e. The number of methoxy groups -OCH3 is 2. The van der Waals surface area contributed by atoms with Gasteiger partial charge in [0.2, 0.25) is 17.7 Å². The van der Waals surface area contributed by atoms with Crippen LogP contribution < -0.4 is 15.5 Å². The Bertz CT molecular complexity index is 1930. The topological polar surface area (TPSA) is 132 Å². The van der Waals surface area contributed by atoms with Crippen molar-refractivity contribution in [3.63, 3.8) is 0 Å². The summed E-state index contributed by atoms with van der Waals surface area (Å²) in [6.45, 7) is 15.9. The number of likely N-dealkylation sites (tertiary alicyclic amines) is 1. The number of aromatic nitrogens is 1. The number of carbonyl (C=O) groups is 3. The average Bonchev–Trinajstić information content (AvgIpc) is 3.60. The third-order valence-corrected chi connectivity index (χ3v) is 15.0. The molecule has 2 fully saturated rings. The van der Waals surface area contributed by atoms with Crippen LogP contribution in [-0.2, 0) is 41.4 Å². The molecule has 2 saturated heterocycles. The zero-order valence-electron chi connectivity index (χ0n) is 42.1. The Morgan fingerprint density at radius 2 is 1.59 bits per heavy atom. The van der Waals surface area contributed by atoms with Gasteiger partial charge in [-0.25, -0.2) is 4.98 Å². The minimum atomic E-state index is -0.713. The summed E-state index contributed by atoms with van der Waals surface area (Å²) in [4.78, 5) is 55.8. The first-order chi connectivity index (χ1) is 31.5. The lowest BCUT2D eigenvalue weighted by atomic mass is 9.89. The summed E-state index contributed by atoms with van der Waals surface area (Å²) in [7, 11) is 11.3. The van der Waals surface area contributed by atoms with Crippen LogP contribution >= 0.6 is 11.3 Å². The van der Waals surface area contributed by atoms with Gasteiger partial charge in [-0.1, -0.05) is 97.4 Å². The van der Waals surface area contributed by atoms with E-state index in [1.165, 1.54) is 5.56 Å². The SMILES string of the molecule is CC[C@H](C)[C@@H]([C@@H](CC1OC1N1CCC[C@H]1[C@H](OC)[C@@H](C)C(=O)N[C@@H](Cc1ccccc1)c1nccs1)OC)N(C)C(=O)[C@@H](NC(=O)[C@H](C(C)C)N(C)CCc1ccc(N(C)C)cc1)C(C)C. The van der Waals surface area contributed by atoms with Gasteiger partial charge in [0, 0.05) is 78.2 Å². The number of anilines is 1. The molecule has 2 aliphatic heterocycles. The van der Waals surface area contributed by atoms with E-state index in [1.54, 1.807) is 31.8 Å². The predicted molar refractivity (Wildman–Crippen MR) is 265 cm³/mol. The molecule has 11 atom stereocenters. The Hall–Kier alpha value is -3.92. The quantitative estimate of drug-likeness (QED) is 0.0807.